The molecule has 8 heteroatoms. The number of carbonyl (C=O) groups is 3. The van der Waals surface area contributed by atoms with Crippen LogP contribution in [0.3, 0.4) is 0 Å². The highest BCUT2D eigenvalue weighted by molar-refractivity contribution is 6.06. The van der Waals surface area contributed by atoms with Gasteiger partial charge in [-0.15, -0.1) is 0 Å². The molecule has 2 N–H and O–H groups in total. The Labute approximate surface area is 235 Å². The van der Waals surface area contributed by atoms with Crippen molar-refractivity contribution in [1.82, 2.24) is 5.32 Å². The van der Waals surface area contributed by atoms with Gasteiger partial charge < -0.3 is 10.4 Å². The second-order valence-electron chi connectivity index (χ2n) is 15.2. The van der Waals surface area contributed by atoms with Crippen LogP contribution >= 0.6 is 0 Å². The first-order valence-electron chi connectivity index (χ1n) is 14.6. The molecule has 0 bridgehead atoms. The van der Waals surface area contributed by atoms with E-state index >= 15 is 0 Å². The maximum absolute atomic E-state index is 14.4. The van der Waals surface area contributed by atoms with Crippen LogP contribution in [0.4, 0.5) is 8.78 Å². The second kappa shape index (κ2) is 8.33. The summed E-state index contributed by atoms with van der Waals surface area (Å²) >= 11 is 0. The number of Topliss-reactive ketones (excluding diaryl/α,β-unsaturated/α-hetero) is 1. The van der Waals surface area contributed by atoms with Crippen molar-refractivity contribution >= 4 is 17.5 Å². The van der Waals surface area contributed by atoms with E-state index < -0.39 is 56.8 Å². The third-order valence-corrected chi connectivity index (χ3v) is 12.3. The highest BCUT2D eigenvalue weighted by Crippen LogP contribution is 2.72. The Kier molecular flexibility index (Phi) is 6.06. The number of amides is 1. The molecule has 0 aromatic carbocycles. The van der Waals surface area contributed by atoms with Crippen molar-refractivity contribution in [1.29, 1.82) is 5.26 Å². The summed E-state index contributed by atoms with van der Waals surface area (Å²) in [5.74, 6) is -6.76. The summed E-state index contributed by atoms with van der Waals surface area (Å²) in [6, 6.07) is 1.97. The molecule has 0 aliphatic heterocycles. The monoisotopic (exact) mass is 556 g/mol. The predicted octanol–water partition coefficient (Wildman–Crippen LogP) is 5.45. The first-order valence-corrected chi connectivity index (χ1v) is 14.6. The lowest BCUT2D eigenvalue weighted by Crippen LogP contribution is -2.70. The first kappa shape index (κ1) is 29.1. The van der Waals surface area contributed by atoms with Gasteiger partial charge in [-0.25, -0.2) is 0 Å². The topological polar surface area (TPSA) is 107 Å². The minimum absolute atomic E-state index is 0.0893. The SMILES string of the molecule is CC1(C)CC[C@]2(NC(=O)C(C)(F)F)CC[C@]3(C)C(C(=O)C=C4[C@@]5(C)C=C(C#N)C(=O)[C@@](C)(O)[C@@H]5CC[C@]43C)C2C1. The number of carbonyl (C=O) groups excluding carboxylic acids is 3. The van der Waals surface area contributed by atoms with Crippen LogP contribution in [0.15, 0.2) is 23.3 Å². The molecule has 2 unspecified atom stereocenters. The molecular formula is C32H42F2N2O4. The van der Waals surface area contributed by atoms with Gasteiger partial charge in [-0.05, 0) is 80.1 Å². The molecule has 0 aromatic heterocycles. The average Bonchev–Trinajstić information content (AvgIpc) is 2.83. The Morgan fingerprint density at radius 2 is 1.70 bits per heavy atom. The maximum atomic E-state index is 14.4. The summed E-state index contributed by atoms with van der Waals surface area (Å²) in [4.78, 5) is 40.0. The van der Waals surface area contributed by atoms with E-state index in [2.05, 4.69) is 33.0 Å². The molecule has 0 saturated heterocycles. The average molecular weight is 557 g/mol. The highest BCUT2D eigenvalue weighted by Gasteiger charge is 2.70. The number of fused-ring (bicyclic) bond motifs is 7. The van der Waals surface area contributed by atoms with Gasteiger partial charge in [0.25, 0.3) is 5.91 Å². The fourth-order valence-electron chi connectivity index (χ4n) is 9.87. The fraction of sp³-hybridized carbons (Fsp3) is 0.750. The van der Waals surface area contributed by atoms with E-state index in [1.165, 1.54) is 6.92 Å². The summed E-state index contributed by atoms with van der Waals surface area (Å²) < 4.78 is 28.3. The Bertz CT molecular complexity index is 1300. The molecule has 40 heavy (non-hydrogen) atoms. The van der Waals surface area contributed by atoms with Crippen LogP contribution in [-0.2, 0) is 14.4 Å². The van der Waals surface area contributed by atoms with Gasteiger partial charge in [0.2, 0.25) is 5.78 Å². The lowest BCUT2D eigenvalue weighted by molar-refractivity contribution is -0.172. The molecule has 3 fully saturated rings. The van der Waals surface area contributed by atoms with Crippen LogP contribution in [0.2, 0.25) is 0 Å². The zero-order valence-corrected chi connectivity index (χ0v) is 24.7. The highest BCUT2D eigenvalue weighted by atomic mass is 19.3. The summed E-state index contributed by atoms with van der Waals surface area (Å²) in [5, 5.41) is 23.9. The van der Waals surface area contributed by atoms with Crippen molar-refractivity contribution in [2.24, 2.45) is 39.4 Å². The minimum atomic E-state index is -3.52. The summed E-state index contributed by atoms with van der Waals surface area (Å²) in [5.41, 5.74) is -3.91. The van der Waals surface area contributed by atoms with Gasteiger partial charge in [-0.1, -0.05) is 46.3 Å². The van der Waals surface area contributed by atoms with E-state index in [4.69, 9.17) is 0 Å². The predicted molar refractivity (Wildman–Crippen MR) is 145 cm³/mol. The smallest absolute Gasteiger partial charge is 0.321 e. The minimum Gasteiger partial charge on any atom is -0.382 e. The number of rotatable bonds is 2. The molecule has 8 atom stereocenters. The lowest BCUT2D eigenvalue weighted by Gasteiger charge is -2.69. The molecule has 0 aromatic rings. The van der Waals surface area contributed by atoms with Crippen LogP contribution in [0.1, 0.15) is 93.4 Å². The Hall–Kier alpha value is -2.40. The van der Waals surface area contributed by atoms with E-state index in [-0.39, 0.29) is 22.7 Å². The van der Waals surface area contributed by atoms with Gasteiger partial charge in [-0.3, -0.25) is 14.4 Å². The summed E-state index contributed by atoms with van der Waals surface area (Å²) in [6.45, 7) is 12.6. The van der Waals surface area contributed by atoms with E-state index in [1.807, 2.05) is 13.0 Å². The van der Waals surface area contributed by atoms with E-state index in [0.717, 1.165) is 12.0 Å². The number of nitriles is 1. The number of nitrogens with zero attached hydrogens (tertiary/aromatic N) is 1. The van der Waals surface area contributed by atoms with Gasteiger partial charge in [-0.2, -0.15) is 14.0 Å². The van der Waals surface area contributed by atoms with Gasteiger partial charge in [0.15, 0.2) is 5.78 Å². The molecule has 1 amide bonds. The van der Waals surface area contributed by atoms with Crippen molar-refractivity contribution < 1.29 is 28.3 Å². The number of ketones is 2. The van der Waals surface area contributed by atoms with Gasteiger partial charge in [0.1, 0.15) is 11.7 Å². The Morgan fingerprint density at radius 3 is 2.30 bits per heavy atom. The van der Waals surface area contributed by atoms with Gasteiger partial charge in [0, 0.05) is 29.7 Å². The molecule has 5 aliphatic carbocycles. The van der Waals surface area contributed by atoms with Crippen molar-refractivity contribution in [3.8, 4) is 6.07 Å². The lowest BCUT2D eigenvalue weighted by atomic mass is 9.35. The standard InChI is InChI=1S/C32H42F2N2O4/c1-26(2)10-12-32(36-25(39)31(7,33)34)13-11-29(5)23(19(32)16-26)20(37)14-22-27(3)15-18(17-35)24(38)30(6,40)21(27)8-9-28(22,29)4/h14-15,19,21,23,40H,8-13,16H2,1-7H3,(H,36,39)/t19?,21-,23?,27+,28-,29-,30+,32+/m1/s1. The van der Waals surface area contributed by atoms with E-state index in [0.29, 0.717) is 45.4 Å². The van der Waals surface area contributed by atoms with Crippen LogP contribution in [-0.4, -0.2) is 39.6 Å². The largest absolute Gasteiger partial charge is 0.382 e. The summed E-state index contributed by atoms with van der Waals surface area (Å²) in [6.07, 6.45) is 7.52. The van der Waals surface area contributed by atoms with E-state index in [9.17, 15) is 33.5 Å². The van der Waals surface area contributed by atoms with Crippen molar-refractivity contribution in [2.75, 3.05) is 0 Å². The number of alkyl halides is 2. The van der Waals surface area contributed by atoms with Gasteiger partial charge in [0.05, 0.1) is 5.57 Å². The van der Waals surface area contributed by atoms with Crippen LogP contribution in [0.5, 0.6) is 0 Å². The quantitative estimate of drug-likeness (QED) is 0.470. The molecule has 0 heterocycles. The van der Waals surface area contributed by atoms with E-state index in [1.54, 1.807) is 12.2 Å². The van der Waals surface area contributed by atoms with Crippen LogP contribution in [0, 0.1) is 50.7 Å². The summed E-state index contributed by atoms with van der Waals surface area (Å²) in [7, 11) is 0. The fourth-order valence-corrected chi connectivity index (χ4v) is 9.87. The van der Waals surface area contributed by atoms with Crippen molar-refractivity contribution in [3.05, 3.63) is 23.3 Å². The zero-order valence-electron chi connectivity index (χ0n) is 24.7. The molecule has 0 spiro atoms. The number of halogens is 2. The van der Waals surface area contributed by atoms with Crippen LogP contribution < -0.4 is 5.32 Å². The molecule has 5 rings (SSSR count). The molecule has 218 valence electrons. The normalized spacial score (nSPS) is 46.0. The molecular weight excluding hydrogens is 514 g/mol. The number of aliphatic hydroxyl groups is 1. The molecule has 6 nitrogen and oxygen atoms in total. The number of nitrogens with one attached hydrogen (secondary N) is 1. The van der Waals surface area contributed by atoms with Crippen LogP contribution in [0.25, 0.3) is 0 Å². The third-order valence-electron chi connectivity index (χ3n) is 12.3. The van der Waals surface area contributed by atoms with Crippen molar-refractivity contribution in [3.63, 3.8) is 0 Å². The Balaban J connectivity index is 1.67. The number of hydrogen-bond acceptors (Lipinski definition) is 5. The second-order valence-corrected chi connectivity index (χ2v) is 15.2. The first-order chi connectivity index (χ1) is 18.2. The Morgan fingerprint density at radius 1 is 1.07 bits per heavy atom. The van der Waals surface area contributed by atoms with Gasteiger partial charge >= 0.3 is 5.92 Å². The van der Waals surface area contributed by atoms with Crippen molar-refractivity contribution in [2.45, 2.75) is 110 Å². The maximum Gasteiger partial charge on any atom is 0.321 e. The molecule has 5 aliphatic rings. The zero-order chi connectivity index (χ0) is 29.9. The molecule has 0 radical (unpaired) electrons. The number of allylic oxidation sites excluding steroid dienone is 3. The number of hydrogen-bond donors (Lipinski definition) is 2. The molecule has 3 saturated carbocycles. The third kappa shape index (κ3) is 3.68.